The molecule has 0 saturated heterocycles. The molecule has 0 spiro atoms. The summed E-state index contributed by atoms with van der Waals surface area (Å²) in [5.74, 6) is -0.883. The number of rotatable bonds is 3. The van der Waals surface area contributed by atoms with Crippen molar-refractivity contribution in [3.63, 3.8) is 0 Å². The maximum Gasteiger partial charge on any atom is 0.309 e. The van der Waals surface area contributed by atoms with Gasteiger partial charge in [-0.2, -0.15) is 5.10 Å². The average Bonchev–Trinajstić information content (AvgIpc) is 2.64. The zero-order valence-corrected chi connectivity index (χ0v) is 11.7. The summed E-state index contributed by atoms with van der Waals surface area (Å²) in [7, 11) is 0. The lowest BCUT2D eigenvalue weighted by Crippen LogP contribution is -2.00. The van der Waals surface area contributed by atoms with Gasteiger partial charge in [-0.15, -0.1) is 0 Å². The van der Waals surface area contributed by atoms with Crippen molar-refractivity contribution >= 4 is 21.9 Å². The van der Waals surface area contributed by atoms with Gasteiger partial charge in [0, 0.05) is 5.56 Å². The topological polar surface area (TPSA) is 66.0 Å². The molecule has 2 aromatic rings. The van der Waals surface area contributed by atoms with Crippen LogP contribution in [0.3, 0.4) is 0 Å². The second-order valence-electron chi connectivity index (χ2n) is 4.23. The Morgan fingerprint density at radius 1 is 1.39 bits per heavy atom. The zero-order valence-electron chi connectivity index (χ0n) is 10.1. The van der Waals surface area contributed by atoms with Crippen LogP contribution in [0.1, 0.15) is 16.8 Å². The van der Waals surface area contributed by atoms with E-state index in [0.717, 1.165) is 11.3 Å². The molecule has 94 valence electrons. The molecule has 1 aromatic carbocycles. The highest BCUT2D eigenvalue weighted by molar-refractivity contribution is 9.10. The van der Waals surface area contributed by atoms with Crippen molar-refractivity contribution in [3.8, 4) is 11.3 Å². The molecular formula is C13H13BrN2O2. The highest BCUT2D eigenvalue weighted by atomic mass is 79.9. The number of H-pyrrole nitrogens is 1. The Kier molecular flexibility index (Phi) is 3.52. The van der Waals surface area contributed by atoms with Gasteiger partial charge in [0.15, 0.2) is 0 Å². The van der Waals surface area contributed by atoms with Crippen LogP contribution < -0.4 is 0 Å². The fraction of sp³-hybridized carbons (Fsp3) is 0.231. The Labute approximate surface area is 113 Å². The van der Waals surface area contributed by atoms with E-state index >= 15 is 0 Å². The predicted molar refractivity (Wildman–Crippen MR) is 72.5 cm³/mol. The number of carbonyl (C=O) groups is 1. The second kappa shape index (κ2) is 4.94. The first kappa shape index (κ1) is 12.8. The van der Waals surface area contributed by atoms with Crippen molar-refractivity contribution in [3.05, 3.63) is 39.5 Å². The smallest absolute Gasteiger partial charge is 0.309 e. The number of hydrogen-bond donors (Lipinski definition) is 2. The van der Waals surface area contributed by atoms with E-state index in [0.29, 0.717) is 10.2 Å². The molecule has 1 heterocycles. The van der Waals surface area contributed by atoms with Crippen LogP contribution in [-0.2, 0) is 11.2 Å². The molecule has 0 radical (unpaired) electrons. The van der Waals surface area contributed by atoms with Gasteiger partial charge in [0.2, 0.25) is 0 Å². The third kappa shape index (κ3) is 2.46. The lowest BCUT2D eigenvalue weighted by atomic mass is 10.0. The van der Waals surface area contributed by atoms with Crippen molar-refractivity contribution in [1.82, 2.24) is 10.2 Å². The number of hydrogen-bond acceptors (Lipinski definition) is 2. The molecule has 0 aliphatic carbocycles. The van der Waals surface area contributed by atoms with Crippen LogP contribution in [0.15, 0.2) is 22.7 Å². The number of halogens is 1. The number of nitrogens with zero attached hydrogens (tertiary/aromatic N) is 1. The van der Waals surface area contributed by atoms with E-state index < -0.39 is 5.97 Å². The van der Waals surface area contributed by atoms with E-state index in [1.54, 1.807) is 0 Å². The van der Waals surface area contributed by atoms with Crippen LogP contribution in [0.4, 0.5) is 0 Å². The zero-order chi connectivity index (χ0) is 13.3. The van der Waals surface area contributed by atoms with Crippen LogP contribution in [0.5, 0.6) is 0 Å². The summed E-state index contributed by atoms with van der Waals surface area (Å²) < 4.78 is 0.716. The number of carboxylic acid groups (broad SMARTS) is 1. The van der Waals surface area contributed by atoms with Gasteiger partial charge >= 0.3 is 5.97 Å². The fourth-order valence-corrected chi connectivity index (χ4v) is 2.26. The Morgan fingerprint density at radius 3 is 2.72 bits per heavy atom. The van der Waals surface area contributed by atoms with Crippen molar-refractivity contribution in [2.75, 3.05) is 0 Å². The first-order valence-corrected chi connectivity index (χ1v) is 6.30. The third-order valence-corrected chi connectivity index (χ3v) is 3.74. The van der Waals surface area contributed by atoms with E-state index in [9.17, 15) is 4.79 Å². The van der Waals surface area contributed by atoms with Gasteiger partial charge in [0.05, 0.1) is 16.6 Å². The quantitative estimate of drug-likeness (QED) is 0.915. The average molecular weight is 309 g/mol. The molecule has 2 N–H and O–H groups in total. The molecule has 18 heavy (non-hydrogen) atoms. The van der Waals surface area contributed by atoms with E-state index in [4.69, 9.17) is 5.11 Å². The SMILES string of the molecule is Cc1ccc(-c2n[nH]c(CC(=O)O)c2Br)cc1C. The molecule has 0 unspecified atom stereocenters. The largest absolute Gasteiger partial charge is 0.481 e. The van der Waals surface area contributed by atoms with Gasteiger partial charge in [-0.1, -0.05) is 12.1 Å². The molecule has 0 saturated carbocycles. The highest BCUT2D eigenvalue weighted by Crippen LogP contribution is 2.30. The Bertz CT molecular complexity index is 605. The normalized spacial score (nSPS) is 10.6. The molecular weight excluding hydrogens is 296 g/mol. The first-order valence-electron chi connectivity index (χ1n) is 5.51. The molecule has 5 heteroatoms. The second-order valence-corrected chi connectivity index (χ2v) is 5.03. The Hall–Kier alpha value is -1.62. The number of benzene rings is 1. The summed E-state index contributed by atoms with van der Waals surface area (Å²) in [6.45, 7) is 4.09. The van der Waals surface area contributed by atoms with E-state index in [2.05, 4.69) is 33.1 Å². The minimum absolute atomic E-state index is 0.0710. The summed E-state index contributed by atoms with van der Waals surface area (Å²) in [5, 5.41) is 15.7. The van der Waals surface area contributed by atoms with Gasteiger partial charge in [0.1, 0.15) is 5.69 Å². The van der Waals surface area contributed by atoms with Crippen molar-refractivity contribution in [2.24, 2.45) is 0 Å². The third-order valence-electron chi connectivity index (χ3n) is 2.88. The summed E-state index contributed by atoms with van der Waals surface area (Å²) in [4.78, 5) is 10.7. The number of nitrogens with one attached hydrogen (secondary N) is 1. The Balaban J connectivity index is 2.42. The molecule has 4 nitrogen and oxygen atoms in total. The minimum Gasteiger partial charge on any atom is -0.481 e. The van der Waals surface area contributed by atoms with Gasteiger partial charge < -0.3 is 5.11 Å². The number of aromatic amines is 1. The number of carboxylic acids is 1. The van der Waals surface area contributed by atoms with Gasteiger partial charge in [-0.05, 0) is 47.0 Å². The van der Waals surface area contributed by atoms with Crippen LogP contribution in [0.25, 0.3) is 11.3 Å². The maximum atomic E-state index is 10.7. The molecule has 0 aliphatic heterocycles. The first-order chi connectivity index (χ1) is 8.49. The minimum atomic E-state index is -0.883. The predicted octanol–water partition coefficient (Wildman–Crippen LogP) is 3.08. The van der Waals surface area contributed by atoms with E-state index in [-0.39, 0.29) is 6.42 Å². The van der Waals surface area contributed by atoms with Crippen molar-refractivity contribution < 1.29 is 9.90 Å². The highest BCUT2D eigenvalue weighted by Gasteiger charge is 2.14. The van der Waals surface area contributed by atoms with Crippen molar-refractivity contribution in [2.45, 2.75) is 20.3 Å². The Morgan fingerprint density at radius 2 is 2.11 bits per heavy atom. The van der Waals surface area contributed by atoms with Gasteiger partial charge in [0.25, 0.3) is 0 Å². The maximum absolute atomic E-state index is 10.7. The lowest BCUT2D eigenvalue weighted by Gasteiger charge is -2.03. The molecule has 0 bridgehead atoms. The molecule has 0 aliphatic rings. The summed E-state index contributed by atoms with van der Waals surface area (Å²) in [5.41, 5.74) is 4.70. The van der Waals surface area contributed by atoms with Gasteiger partial charge in [-0.25, -0.2) is 0 Å². The fourth-order valence-electron chi connectivity index (χ4n) is 1.71. The number of aromatic nitrogens is 2. The van der Waals surface area contributed by atoms with Crippen LogP contribution in [0.2, 0.25) is 0 Å². The summed E-state index contributed by atoms with van der Waals surface area (Å²) >= 11 is 3.40. The van der Waals surface area contributed by atoms with Crippen LogP contribution in [0, 0.1) is 13.8 Å². The van der Waals surface area contributed by atoms with Gasteiger partial charge in [-0.3, -0.25) is 9.89 Å². The lowest BCUT2D eigenvalue weighted by molar-refractivity contribution is -0.136. The van der Waals surface area contributed by atoms with E-state index in [1.165, 1.54) is 11.1 Å². The molecule has 0 atom stereocenters. The molecule has 2 rings (SSSR count). The molecule has 1 aromatic heterocycles. The van der Waals surface area contributed by atoms with E-state index in [1.807, 2.05) is 25.1 Å². The standard InChI is InChI=1S/C13H13BrN2O2/c1-7-3-4-9(5-8(7)2)13-12(14)10(15-16-13)6-11(17)18/h3-5H,6H2,1-2H3,(H,15,16)(H,17,18). The molecule has 0 fully saturated rings. The number of aryl methyl sites for hydroxylation is 2. The molecule has 0 amide bonds. The number of aliphatic carboxylic acids is 1. The summed E-state index contributed by atoms with van der Waals surface area (Å²) in [6.07, 6.45) is -0.0710. The monoisotopic (exact) mass is 308 g/mol. The van der Waals surface area contributed by atoms with Crippen LogP contribution >= 0.6 is 15.9 Å². The van der Waals surface area contributed by atoms with Crippen molar-refractivity contribution in [1.29, 1.82) is 0 Å². The van der Waals surface area contributed by atoms with Crippen LogP contribution in [-0.4, -0.2) is 21.3 Å². The summed E-state index contributed by atoms with van der Waals surface area (Å²) in [6, 6.07) is 6.05.